The minimum Gasteiger partial charge on any atom is -0.344 e. The standard InChI is InChI=1S/C10H12N4OS/c1-2-5-11-8(15)6-16-10-12-9(13-14-10)7-3-4-7/h1,7H,3-6H2,(H,11,15)(H,12,13,14). The summed E-state index contributed by atoms with van der Waals surface area (Å²) in [6.07, 6.45) is 7.39. The Labute approximate surface area is 97.8 Å². The van der Waals surface area contributed by atoms with Crippen LogP contribution >= 0.6 is 11.8 Å². The van der Waals surface area contributed by atoms with Crippen molar-refractivity contribution in [3.63, 3.8) is 0 Å². The molecule has 1 saturated carbocycles. The topological polar surface area (TPSA) is 70.7 Å². The van der Waals surface area contributed by atoms with Crippen LogP contribution in [0, 0.1) is 12.3 Å². The molecule has 1 aromatic heterocycles. The van der Waals surface area contributed by atoms with Crippen molar-refractivity contribution in [2.24, 2.45) is 0 Å². The summed E-state index contributed by atoms with van der Waals surface area (Å²) in [5.41, 5.74) is 0. The molecule has 0 unspecified atom stereocenters. The van der Waals surface area contributed by atoms with E-state index in [1.807, 2.05) is 0 Å². The van der Waals surface area contributed by atoms with Crippen LogP contribution in [0.4, 0.5) is 0 Å². The Kier molecular flexibility index (Phi) is 3.47. The van der Waals surface area contributed by atoms with Crippen molar-refractivity contribution in [1.82, 2.24) is 20.5 Å². The second-order valence-corrected chi connectivity index (χ2v) is 4.49. The summed E-state index contributed by atoms with van der Waals surface area (Å²) in [6.45, 7) is 0.265. The van der Waals surface area contributed by atoms with Gasteiger partial charge in [-0.3, -0.25) is 9.89 Å². The first-order valence-electron chi connectivity index (χ1n) is 5.05. The van der Waals surface area contributed by atoms with Gasteiger partial charge in [0.2, 0.25) is 11.1 Å². The quantitative estimate of drug-likeness (QED) is 0.577. The average molecular weight is 236 g/mol. The molecule has 5 nitrogen and oxygen atoms in total. The molecule has 1 aliphatic carbocycles. The third-order valence-corrected chi connectivity index (χ3v) is 3.01. The maximum atomic E-state index is 11.2. The van der Waals surface area contributed by atoms with E-state index in [0.29, 0.717) is 16.8 Å². The predicted molar refractivity (Wildman–Crippen MR) is 60.9 cm³/mol. The normalized spacial score (nSPS) is 14.4. The third-order valence-electron chi connectivity index (χ3n) is 2.17. The van der Waals surface area contributed by atoms with E-state index in [-0.39, 0.29) is 12.5 Å². The molecule has 1 aromatic rings. The molecule has 0 atom stereocenters. The van der Waals surface area contributed by atoms with E-state index in [2.05, 4.69) is 26.4 Å². The smallest absolute Gasteiger partial charge is 0.231 e. The second-order valence-electron chi connectivity index (χ2n) is 3.55. The largest absolute Gasteiger partial charge is 0.344 e. The maximum absolute atomic E-state index is 11.2. The van der Waals surface area contributed by atoms with Crippen LogP contribution in [0.2, 0.25) is 0 Å². The second kappa shape index (κ2) is 5.03. The highest BCUT2D eigenvalue weighted by Crippen LogP contribution is 2.38. The predicted octanol–water partition coefficient (Wildman–Crippen LogP) is 0.524. The molecule has 1 fully saturated rings. The minimum atomic E-state index is -0.0966. The third kappa shape index (κ3) is 3.00. The number of rotatable bonds is 5. The molecule has 84 valence electrons. The summed E-state index contributed by atoms with van der Waals surface area (Å²) >= 11 is 1.31. The van der Waals surface area contributed by atoms with Crippen LogP contribution in [-0.2, 0) is 4.79 Å². The SMILES string of the molecule is C#CCNC(=O)CSc1n[nH]c(C2CC2)n1. The van der Waals surface area contributed by atoms with Crippen LogP contribution in [0.15, 0.2) is 5.16 Å². The van der Waals surface area contributed by atoms with Crippen molar-refractivity contribution in [2.45, 2.75) is 23.9 Å². The van der Waals surface area contributed by atoms with Crippen LogP contribution in [0.5, 0.6) is 0 Å². The fraction of sp³-hybridized carbons (Fsp3) is 0.500. The molecule has 1 heterocycles. The van der Waals surface area contributed by atoms with E-state index in [9.17, 15) is 4.79 Å². The van der Waals surface area contributed by atoms with Crippen LogP contribution < -0.4 is 5.32 Å². The summed E-state index contributed by atoms with van der Waals surface area (Å²) in [5.74, 6) is 4.03. The number of carbonyl (C=O) groups is 1. The van der Waals surface area contributed by atoms with E-state index in [1.165, 1.54) is 24.6 Å². The first kappa shape index (κ1) is 11.0. The molecule has 6 heteroatoms. The Morgan fingerprint density at radius 2 is 2.50 bits per heavy atom. The molecule has 0 spiro atoms. The van der Waals surface area contributed by atoms with Gasteiger partial charge < -0.3 is 5.32 Å². The monoisotopic (exact) mass is 236 g/mol. The lowest BCUT2D eigenvalue weighted by Gasteiger charge is -1.97. The molecule has 0 aliphatic heterocycles. The van der Waals surface area contributed by atoms with Gasteiger partial charge in [0.05, 0.1) is 12.3 Å². The summed E-state index contributed by atoms with van der Waals surface area (Å²) in [4.78, 5) is 15.5. The van der Waals surface area contributed by atoms with E-state index in [1.54, 1.807) is 0 Å². The Bertz CT molecular complexity index is 419. The van der Waals surface area contributed by atoms with E-state index in [0.717, 1.165) is 5.82 Å². The Balaban J connectivity index is 1.76. The molecule has 0 saturated heterocycles. The number of aromatic amines is 1. The molecular formula is C10H12N4OS. The van der Waals surface area contributed by atoms with Crippen molar-refractivity contribution < 1.29 is 4.79 Å². The van der Waals surface area contributed by atoms with Crippen molar-refractivity contribution in [3.05, 3.63) is 5.82 Å². The number of carbonyl (C=O) groups excluding carboxylic acids is 1. The van der Waals surface area contributed by atoms with E-state index >= 15 is 0 Å². The highest BCUT2D eigenvalue weighted by atomic mass is 32.2. The average Bonchev–Trinajstić information content (AvgIpc) is 3.03. The van der Waals surface area contributed by atoms with Gasteiger partial charge in [0.25, 0.3) is 0 Å². The number of hydrogen-bond donors (Lipinski definition) is 2. The van der Waals surface area contributed by atoms with E-state index in [4.69, 9.17) is 6.42 Å². The molecule has 0 bridgehead atoms. The lowest BCUT2D eigenvalue weighted by Crippen LogP contribution is -2.25. The number of nitrogens with one attached hydrogen (secondary N) is 2. The Morgan fingerprint density at radius 1 is 1.69 bits per heavy atom. The van der Waals surface area contributed by atoms with Crippen molar-refractivity contribution in [3.8, 4) is 12.3 Å². The number of terminal acetylenes is 1. The van der Waals surface area contributed by atoms with Gasteiger partial charge in [-0.15, -0.1) is 11.5 Å². The number of thioether (sulfide) groups is 1. The Morgan fingerprint density at radius 3 is 3.19 bits per heavy atom. The Hall–Kier alpha value is -1.48. The number of aromatic nitrogens is 3. The van der Waals surface area contributed by atoms with Gasteiger partial charge in [0.15, 0.2) is 0 Å². The lowest BCUT2D eigenvalue weighted by atomic mass is 10.4. The zero-order valence-electron chi connectivity index (χ0n) is 8.69. The van der Waals surface area contributed by atoms with Crippen LogP contribution in [0.1, 0.15) is 24.6 Å². The van der Waals surface area contributed by atoms with Crippen LogP contribution in [0.25, 0.3) is 0 Å². The van der Waals surface area contributed by atoms with Crippen molar-refractivity contribution >= 4 is 17.7 Å². The first-order valence-corrected chi connectivity index (χ1v) is 6.03. The van der Waals surface area contributed by atoms with Gasteiger partial charge in [0, 0.05) is 5.92 Å². The summed E-state index contributed by atoms with van der Waals surface area (Å²) < 4.78 is 0. The molecular weight excluding hydrogens is 224 g/mol. The van der Waals surface area contributed by atoms with Gasteiger partial charge >= 0.3 is 0 Å². The number of nitrogens with zero attached hydrogens (tertiary/aromatic N) is 2. The minimum absolute atomic E-state index is 0.0966. The highest BCUT2D eigenvalue weighted by Gasteiger charge is 2.27. The molecule has 0 radical (unpaired) electrons. The van der Waals surface area contributed by atoms with Gasteiger partial charge in [-0.1, -0.05) is 17.7 Å². The zero-order valence-corrected chi connectivity index (χ0v) is 9.51. The van der Waals surface area contributed by atoms with E-state index < -0.39 is 0 Å². The molecule has 1 amide bonds. The maximum Gasteiger partial charge on any atom is 0.231 e. The molecule has 0 aromatic carbocycles. The fourth-order valence-corrected chi connectivity index (χ4v) is 1.83. The van der Waals surface area contributed by atoms with Crippen LogP contribution in [0.3, 0.4) is 0 Å². The molecule has 2 N–H and O–H groups in total. The highest BCUT2D eigenvalue weighted by molar-refractivity contribution is 7.99. The van der Waals surface area contributed by atoms with Gasteiger partial charge in [0.1, 0.15) is 5.82 Å². The molecule has 16 heavy (non-hydrogen) atoms. The summed E-state index contributed by atoms with van der Waals surface area (Å²) in [5, 5.41) is 10.1. The lowest BCUT2D eigenvalue weighted by molar-refractivity contribution is -0.118. The summed E-state index contributed by atoms with van der Waals surface area (Å²) in [7, 11) is 0. The van der Waals surface area contributed by atoms with Crippen molar-refractivity contribution in [2.75, 3.05) is 12.3 Å². The van der Waals surface area contributed by atoms with Crippen LogP contribution in [-0.4, -0.2) is 33.4 Å². The zero-order chi connectivity index (χ0) is 11.4. The van der Waals surface area contributed by atoms with Gasteiger partial charge in [-0.25, -0.2) is 4.98 Å². The van der Waals surface area contributed by atoms with Gasteiger partial charge in [-0.2, -0.15) is 0 Å². The summed E-state index contributed by atoms with van der Waals surface area (Å²) in [6, 6.07) is 0. The number of H-pyrrole nitrogens is 1. The van der Waals surface area contributed by atoms with Crippen molar-refractivity contribution in [1.29, 1.82) is 0 Å². The first-order chi connectivity index (χ1) is 7.79. The van der Waals surface area contributed by atoms with Gasteiger partial charge in [-0.05, 0) is 12.8 Å². The number of hydrogen-bond acceptors (Lipinski definition) is 4. The number of amides is 1. The molecule has 1 aliphatic rings. The fourth-order valence-electron chi connectivity index (χ4n) is 1.19. The molecule has 2 rings (SSSR count).